The molecule has 1 unspecified atom stereocenters. The molecular weight excluding hydrogens is 246 g/mol. The van der Waals surface area contributed by atoms with Gasteiger partial charge in [0.15, 0.2) is 0 Å². The van der Waals surface area contributed by atoms with Gasteiger partial charge in [0.25, 0.3) is 0 Å². The average Bonchev–Trinajstić information content (AvgIpc) is 2.49. The third kappa shape index (κ3) is 4.88. The van der Waals surface area contributed by atoms with E-state index < -0.39 is 0 Å². The van der Waals surface area contributed by atoms with Crippen LogP contribution in [0.3, 0.4) is 0 Å². The second-order valence-corrected chi connectivity index (χ2v) is 6.08. The van der Waals surface area contributed by atoms with Crippen LogP contribution < -0.4 is 5.32 Å². The molecule has 1 aromatic rings. The van der Waals surface area contributed by atoms with Gasteiger partial charge in [-0.25, -0.2) is 0 Å². The van der Waals surface area contributed by atoms with E-state index in [0.29, 0.717) is 6.04 Å². The van der Waals surface area contributed by atoms with Crippen molar-refractivity contribution in [2.24, 2.45) is 5.92 Å². The highest BCUT2D eigenvalue weighted by atomic mass is 15.1. The lowest BCUT2D eigenvalue weighted by molar-refractivity contribution is 0.201. The largest absolute Gasteiger partial charge is 0.313 e. The number of hydrogen-bond acceptors (Lipinski definition) is 3. The molecule has 1 aliphatic carbocycles. The summed E-state index contributed by atoms with van der Waals surface area (Å²) in [7, 11) is 2.21. The summed E-state index contributed by atoms with van der Waals surface area (Å²) >= 11 is 0. The smallest absolute Gasteiger partial charge is 0.0543 e. The molecule has 0 aromatic carbocycles. The summed E-state index contributed by atoms with van der Waals surface area (Å²) in [6, 6.07) is 6.79. The van der Waals surface area contributed by atoms with E-state index in [0.717, 1.165) is 31.2 Å². The molecule has 1 N–H and O–H groups in total. The van der Waals surface area contributed by atoms with Crippen molar-refractivity contribution >= 4 is 0 Å². The molecule has 1 atom stereocenters. The van der Waals surface area contributed by atoms with E-state index in [4.69, 9.17) is 0 Å². The van der Waals surface area contributed by atoms with E-state index in [1.165, 1.54) is 32.1 Å². The molecule has 3 nitrogen and oxygen atoms in total. The van der Waals surface area contributed by atoms with Crippen LogP contribution >= 0.6 is 0 Å². The number of hydrogen-bond donors (Lipinski definition) is 1. The van der Waals surface area contributed by atoms with E-state index in [-0.39, 0.29) is 0 Å². The van der Waals surface area contributed by atoms with Crippen LogP contribution in [0.25, 0.3) is 0 Å². The van der Waals surface area contributed by atoms with Crippen LogP contribution in [0.4, 0.5) is 0 Å². The standard InChI is InChI=1S/C17H29N3/c1-3-18-17(15-9-5-4-6-10-15)14-20(2)13-16-11-7-8-12-19-16/h7-8,11-12,15,17-18H,3-6,9-10,13-14H2,1-2H3. The summed E-state index contributed by atoms with van der Waals surface area (Å²) in [5.74, 6) is 0.856. The van der Waals surface area contributed by atoms with Gasteiger partial charge >= 0.3 is 0 Å². The first kappa shape index (κ1) is 15.5. The maximum atomic E-state index is 4.42. The van der Waals surface area contributed by atoms with Crippen molar-refractivity contribution in [3.05, 3.63) is 30.1 Å². The zero-order chi connectivity index (χ0) is 14.2. The lowest BCUT2D eigenvalue weighted by atomic mass is 9.83. The summed E-state index contributed by atoms with van der Waals surface area (Å²) in [5, 5.41) is 3.71. The van der Waals surface area contributed by atoms with E-state index in [1.807, 2.05) is 12.3 Å². The molecule has 112 valence electrons. The molecule has 1 heterocycles. The minimum absolute atomic E-state index is 0.633. The van der Waals surface area contributed by atoms with Gasteiger partial charge in [0.1, 0.15) is 0 Å². The molecule has 0 aliphatic heterocycles. The topological polar surface area (TPSA) is 28.2 Å². The van der Waals surface area contributed by atoms with Gasteiger partial charge in [0, 0.05) is 25.3 Å². The van der Waals surface area contributed by atoms with Gasteiger partial charge in [0.05, 0.1) is 5.69 Å². The normalized spacial score (nSPS) is 18.4. The molecule has 1 saturated carbocycles. The van der Waals surface area contributed by atoms with Crippen molar-refractivity contribution in [3.8, 4) is 0 Å². The monoisotopic (exact) mass is 275 g/mol. The third-order valence-corrected chi connectivity index (χ3v) is 4.35. The van der Waals surface area contributed by atoms with E-state index in [1.54, 1.807) is 0 Å². The summed E-state index contributed by atoms with van der Waals surface area (Å²) in [6.45, 7) is 5.34. The SMILES string of the molecule is CCNC(CN(C)Cc1ccccn1)C1CCCCC1. The summed E-state index contributed by atoms with van der Waals surface area (Å²) in [5.41, 5.74) is 1.16. The predicted molar refractivity (Wildman–Crippen MR) is 84.6 cm³/mol. The first-order chi connectivity index (χ1) is 9.79. The first-order valence-electron chi connectivity index (χ1n) is 8.11. The van der Waals surface area contributed by atoms with Crippen LogP contribution in [0.1, 0.15) is 44.7 Å². The summed E-state index contributed by atoms with van der Waals surface area (Å²) in [6.07, 6.45) is 8.93. The van der Waals surface area contributed by atoms with Crippen molar-refractivity contribution in [2.75, 3.05) is 20.1 Å². The van der Waals surface area contributed by atoms with Crippen LogP contribution in [0.2, 0.25) is 0 Å². The van der Waals surface area contributed by atoms with Crippen molar-refractivity contribution in [1.29, 1.82) is 0 Å². The van der Waals surface area contributed by atoms with Crippen LogP contribution in [-0.2, 0) is 6.54 Å². The number of aromatic nitrogens is 1. The van der Waals surface area contributed by atoms with Crippen LogP contribution in [0.15, 0.2) is 24.4 Å². The Balaban J connectivity index is 1.86. The molecule has 1 fully saturated rings. The molecule has 1 aromatic heterocycles. The molecule has 0 saturated heterocycles. The Morgan fingerprint density at radius 2 is 2.10 bits per heavy atom. The Labute approximate surface area is 123 Å². The number of nitrogens with one attached hydrogen (secondary N) is 1. The first-order valence-corrected chi connectivity index (χ1v) is 8.11. The highest BCUT2D eigenvalue weighted by Crippen LogP contribution is 2.26. The summed E-state index contributed by atoms with van der Waals surface area (Å²) < 4.78 is 0. The van der Waals surface area contributed by atoms with Crippen molar-refractivity contribution in [3.63, 3.8) is 0 Å². The van der Waals surface area contributed by atoms with E-state index in [2.05, 4.69) is 41.3 Å². The lowest BCUT2D eigenvalue weighted by Crippen LogP contribution is -2.45. The van der Waals surface area contributed by atoms with Crippen molar-refractivity contribution in [2.45, 2.75) is 51.6 Å². The van der Waals surface area contributed by atoms with Gasteiger partial charge in [-0.2, -0.15) is 0 Å². The van der Waals surface area contributed by atoms with Crippen LogP contribution in [0, 0.1) is 5.92 Å². The van der Waals surface area contributed by atoms with Gasteiger partial charge in [-0.15, -0.1) is 0 Å². The maximum absolute atomic E-state index is 4.42. The van der Waals surface area contributed by atoms with Crippen LogP contribution in [-0.4, -0.2) is 36.1 Å². The van der Waals surface area contributed by atoms with E-state index >= 15 is 0 Å². The molecular formula is C17H29N3. The second kappa shape index (κ2) is 8.38. The average molecular weight is 275 g/mol. The Bertz CT molecular complexity index is 360. The number of nitrogens with zero attached hydrogens (tertiary/aromatic N) is 2. The fourth-order valence-corrected chi connectivity index (χ4v) is 3.35. The zero-order valence-electron chi connectivity index (χ0n) is 13.0. The summed E-state index contributed by atoms with van der Waals surface area (Å²) in [4.78, 5) is 6.83. The predicted octanol–water partition coefficient (Wildman–Crippen LogP) is 3.07. The number of pyridine rings is 1. The Kier molecular flexibility index (Phi) is 6.48. The lowest BCUT2D eigenvalue weighted by Gasteiger charge is -2.33. The van der Waals surface area contributed by atoms with E-state index in [9.17, 15) is 0 Å². The number of likely N-dealkylation sites (N-methyl/N-ethyl adjacent to an activating group) is 2. The third-order valence-electron chi connectivity index (χ3n) is 4.35. The number of rotatable bonds is 7. The minimum Gasteiger partial charge on any atom is -0.313 e. The van der Waals surface area contributed by atoms with Crippen LogP contribution in [0.5, 0.6) is 0 Å². The molecule has 1 aliphatic rings. The van der Waals surface area contributed by atoms with Gasteiger partial charge < -0.3 is 5.32 Å². The second-order valence-electron chi connectivity index (χ2n) is 6.08. The van der Waals surface area contributed by atoms with Crippen molar-refractivity contribution < 1.29 is 0 Å². The van der Waals surface area contributed by atoms with Gasteiger partial charge in [-0.05, 0) is 44.5 Å². The molecule has 3 heteroatoms. The maximum Gasteiger partial charge on any atom is 0.0543 e. The van der Waals surface area contributed by atoms with Gasteiger partial charge in [0.2, 0.25) is 0 Å². The Morgan fingerprint density at radius 3 is 2.75 bits per heavy atom. The van der Waals surface area contributed by atoms with Gasteiger partial charge in [-0.3, -0.25) is 9.88 Å². The van der Waals surface area contributed by atoms with Crippen molar-refractivity contribution in [1.82, 2.24) is 15.2 Å². The molecule has 0 spiro atoms. The fraction of sp³-hybridized carbons (Fsp3) is 0.706. The zero-order valence-corrected chi connectivity index (χ0v) is 13.0. The fourth-order valence-electron chi connectivity index (χ4n) is 3.35. The molecule has 0 radical (unpaired) electrons. The quantitative estimate of drug-likeness (QED) is 0.829. The highest BCUT2D eigenvalue weighted by Gasteiger charge is 2.23. The highest BCUT2D eigenvalue weighted by molar-refractivity contribution is 5.03. The molecule has 0 bridgehead atoms. The molecule has 20 heavy (non-hydrogen) atoms. The Morgan fingerprint density at radius 1 is 1.30 bits per heavy atom. The Hall–Kier alpha value is -0.930. The molecule has 0 amide bonds. The molecule has 2 rings (SSSR count). The minimum atomic E-state index is 0.633. The van der Waals surface area contributed by atoms with Gasteiger partial charge in [-0.1, -0.05) is 32.3 Å².